The maximum Gasteiger partial charge on any atom is 0.0594 e. The Hall–Kier alpha value is -0.120. The van der Waals surface area contributed by atoms with Crippen molar-refractivity contribution in [3.8, 4) is 0 Å². The quantitative estimate of drug-likeness (QED) is 0.754. The lowest BCUT2D eigenvalue weighted by Crippen LogP contribution is -2.36. The van der Waals surface area contributed by atoms with Gasteiger partial charge in [0.15, 0.2) is 0 Å². The van der Waals surface area contributed by atoms with Crippen LogP contribution >= 0.6 is 0 Å². The number of hydrogen-bond acceptors (Lipinski definition) is 3. The Morgan fingerprint density at radius 2 is 1.73 bits per heavy atom. The summed E-state index contributed by atoms with van der Waals surface area (Å²) in [5.41, 5.74) is 0. The summed E-state index contributed by atoms with van der Waals surface area (Å²) in [5.74, 6) is 0. The average molecular weight is 214 g/mol. The van der Waals surface area contributed by atoms with Crippen molar-refractivity contribution in [3.05, 3.63) is 0 Å². The second-order valence-electron chi connectivity index (χ2n) is 4.26. The Balaban J connectivity index is 0.000000162. The lowest BCUT2D eigenvalue weighted by molar-refractivity contribution is 0.0380. The molecule has 2 saturated heterocycles. The van der Waals surface area contributed by atoms with E-state index >= 15 is 0 Å². The predicted octanol–water partition coefficient (Wildman–Crippen LogP) is 1.49. The van der Waals surface area contributed by atoms with E-state index in [1.165, 1.54) is 45.3 Å². The van der Waals surface area contributed by atoms with Crippen LogP contribution in [-0.2, 0) is 4.74 Å². The normalized spacial score (nSPS) is 23.0. The largest absolute Gasteiger partial charge is 0.379 e. The number of ether oxygens (including phenoxy) is 1. The summed E-state index contributed by atoms with van der Waals surface area (Å²) in [6, 6.07) is 0. The molecule has 15 heavy (non-hydrogen) atoms. The van der Waals surface area contributed by atoms with E-state index in [2.05, 4.69) is 17.1 Å². The van der Waals surface area contributed by atoms with Crippen LogP contribution in [0.5, 0.6) is 0 Å². The SMILES string of the molecule is C1CCNCC1.CCCN1CCOCC1. The van der Waals surface area contributed by atoms with Crippen molar-refractivity contribution >= 4 is 0 Å². The molecular weight excluding hydrogens is 188 g/mol. The second kappa shape index (κ2) is 9.13. The van der Waals surface area contributed by atoms with Crippen LogP contribution in [0.2, 0.25) is 0 Å². The Labute approximate surface area is 94.2 Å². The number of rotatable bonds is 2. The smallest absolute Gasteiger partial charge is 0.0594 e. The minimum absolute atomic E-state index is 0.931. The molecule has 0 spiro atoms. The molecule has 0 aromatic rings. The van der Waals surface area contributed by atoms with Gasteiger partial charge in [0, 0.05) is 13.1 Å². The van der Waals surface area contributed by atoms with E-state index in [1.807, 2.05) is 0 Å². The van der Waals surface area contributed by atoms with Crippen LogP contribution in [0.25, 0.3) is 0 Å². The van der Waals surface area contributed by atoms with Gasteiger partial charge in [-0.3, -0.25) is 4.90 Å². The van der Waals surface area contributed by atoms with Gasteiger partial charge >= 0.3 is 0 Å². The van der Waals surface area contributed by atoms with Gasteiger partial charge in [0.25, 0.3) is 0 Å². The predicted molar refractivity (Wildman–Crippen MR) is 64.3 cm³/mol. The molecule has 0 bridgehead atoms. The highest BCUT2D eigenvalue weighted by atomic mass is 16.5. The second-order valence-corrected chi connectivity index (χ2v) is 4.26. The topological polar surface area (TPSA) is 24.5 Å². The Morgan fingerprint density at radius 1 is 1.07 bits per heavy atom. The summed E-state index contributed by atoms with van der Waals surface area (Å²) in [4.78, 5) is 2.45. The van der Waals surface area contributed by atoms with E-state index in [4.69, 9.17) is 4.74 Å². The highest BCUT2D eigenvalue weighted by Gasteiger charge is 2.07. The van der Waals surface area contributed by atoms with Crippen molar-refractivity contribution in [1.29, 1.82) is 0 Å². The Morgan fingerprint density at radius 3 is 2.13 bits per heavy atom. The van der Waals surface area contributed by atoms with Crippen molar-refractivity contribution in [1.82, 2.24) is 10.2 Å². The summed E-state index contributed by atoms with van der Waals surface area (Å²) in [6.45, 7) is 10.1. The number of hydrogen-bond donors (Lipinski definition) is 1. The molecule has 0 aromatic heterocycles. The van der Waals surface area contributed by atoms with Gasteiger partial charge in [-0.1, -0.05) is 13.3 Å². The molecule has 2 aliphatic rings. The lowest BCUT2D eigenvalue weighted by atomic mass is 10.2. The number of piperidine rings is 1. The fraction of sp³-hybridized carbons (Fsp3) is 1.00. The minimum atomic E-state index is 0.931. The van der Waals surface area contributed by atoms with Crippen LogP contribution in [0.4, 0.5) is 0 Å². The van der Waals surface area contributed by atoms with E-state index in [1.54, 1.807) is 0 Å². The fourth-order valence-electron chi connectivity index (χ4n) is 1.94. The zero-order chi connectivity index (χ0) is 10.8. The molecule has 0 atom stereocenters. The number of morpholine rings is 1. The van der Waals surface area contributed by atoms with Crippen molar-refractivity contribution in [2.24, 2.45) is 0 Å². The molecular formula is C12H26N2O. The lowest BCUT2D eigenvalue weighted by Gasteiger charge is -2.25. The third kappa shape index (κ3) is 6.88. The van der Waals surface area contributed by atoms with Gasteiger partial charge in [-0.05, 0) is 38.9 Å². The van der Waals surface area contributed by atoms with Crippen LogP contribution in [0.3, 0.4) is 0 Å². The van der Waals surface area contributed by atoms with Crippen molar-refractivity contribution in [3.63, 3.8) is 0 Å². The molecule has 3 heteroatoms. The molecule has 0 aromatic carbocycles. The molecule has 3 nitrogen and oxygen atoms in total. The first kappa shape index (κ1) is 12.9. The Bertz CT molecular complexity index is 117. The standard InChI is InChI=1S/C7H15NO.C5H11N/c1-2-3-8-4-6-9-7-5-8;1-2-4-6-5-3-1/h2-7H2,1H3;6H,1-5H2. The molecule has 0 radical (unpaired) electrons. The monoisotopic (exact) mass is 214 g/mol. The number of nitrogens with zero attached hydrogens (tertiary/aromatic N) is 1. The number of nitrogens with one attached hydrogen (secondary N) is 1. The highest BCUT2D eigenvalue weighted by molar-refractivity contribution is 4.59. The van der Waals surface area contributed by atoms with E-state index in [0.717, 1.165) is 26.3 Å². The zero-order valence-corrected chi connectivity index (χ0v) is 10.1. The molecule has 0 unspecified atom stereocenters. The first-order chi connectivity index (χ1) is 7.43. The van der Waals surface area contributed by atoms with Crippen molar-refractivity contribution in [2.45, 2.75) is 32.6 Å². The summed E-state index contributed by atoms with van der Waals surface area (Å²) < 4.78 is 5.20. The molecule has 0 amide bonds. The van der Waals surface area contributed by atoms with Gasteiger partial charge in [0.1, 0.15) is 0 Å². The van der Waals surface area contributed by atoms with Gasteiger partial charge < -0.3 is 10.1 Å². The molecule has 2 heterocycles. The molecule has 0 saturated carbocycles. The Kier molecular flexibility index (Phi) is 7.88. The average Bonchev–Trinajstić information content (AvgIpc) is 2.34. The first-order valence-electron chi connectivity index (χ1n) is 6.44. The molecule has 2 aliphatic heterocycles. The minimum Gasteiger partial charge on any atom is -0.379 e. The molecule has 90 valence electrons. The van der Waals surface area contributed by atoms with Crippen LogP contribution in [0.1, 0.15) is 32.6 Å². The summed E-state index contributed by atoms with van der Waals surface area (Å²) in [7, 11) is 0. The van der Waals surface area contributed by atoms with Gasteiger partial charge in [-0.2, -0.15) is 0 Å². The third-order valence-corrected chi connectivity index (χ3v) is 2.85. The molecule has 2 rings (SSSR count). The molecule has 2 fully saturated rings. The highest BCUT2D eigenvalue weighted by Crippen LogP contribution is 1.97. The zero-order valence-electron chi connectivity index (χ0n) is 10.1. The molecule has 0 aliphatic carbocycles. The fourth-order valence-corrected chi connectivity index (χ4v) is 1.94. The van der Waals surface area contributed by atoms with E-state index in [0.29, 0.717) is 0 Å². The van der Waals surface area contributed by atoms with Crippen molar-refractivity contribution in [2.75, 3.05) is 45.9 Å². The summed E-state index contributed by atoms with van der Waals surface area (Å²) in [6.07, 6.45) is 5.48. The van der Waals surface area contributed by atoms with Crippen molar-refractivity contribution < 1.29 is 4.74 Å². The summed E-state index contributed by atoms with van der Waals surface area (Å²) in [5, 5.41) is 3.28. The first-order valence-corrected chi connectivity index (χ1v) is 6.44. The van der Waals surface area contributed by atoms with Gasteiger partial charge in [-0.15, -0.1) is 0 Å². The molecule has 1 N–H and O–H groups in total. The van der Waals surface area contributed by atoms with E-state index in [9.17, 15) is 0 Å². The third-order valence-electron chi connectivity index (χ3n) is 2.85. The van der Waals surface area contributed by atoms with Crippen LogP contribution < -0.4 is 5.32 Å². The van der Waals surface area contributed by atoms with Gasteiger partial charge in [0.05, 0.1) is 13.2 Å². The van der Waals surface area contributed by atoms with Crippen LogP contribution in [0.15, 0.2) is 0 Å². The van der Waals surface area contributed by atoms with Gasteiger partial charge in [0.2, 0.25) is 0 Å². The van der Waals surface area contributed by atoms with Gasteiger partial charge in [-0.25, -0.2) is 0 Å². The maximum absolute atomic E-state index is 5.20. The maximum atomic E-state index is 5.20. The summed E-state index contributed by atoms with van der Waals surface area (Å²) >= 11 is 0. The van der Waals surface area contributed by atoms with Crippen LogP contribution in [-0.4, -0.2) is 50.8 Å². The van der Waals surface area contributed by atoms with E-state index < -0.39 is 0 Å². The van der Waals surface area contributed by atoms with Crippen LogP contribution in [0, 0.1) is 0 Å². The van der Waals surface area contributed by atoms with E-state index in [-0.39, 0.29) is 0 Å².